The van der Waals surface area contributed by atoms with E-state index in [0.29, 0.717) is 6.61 Å². The number of hydrogen-bond donors (Lipinski definition) is 1. The van der Waals surface area contributed by atoms with Crippen LogP contribution in [0.1, 0.15) is 53.4 Å². The second-order valence-electron chi connectivity index (χ2n) is 6.02. The van der Waals surface area contributed by atoms with E-state index in [2.05, 4.69) is 5.32 Å². The van der Waals surface area contributed by atoms with Crippen molar-refractivity contribution in [3.8, 4) is 0 Å². The molecule has 0 spiro atoms. The summed E-state index contributed by atoms with van der Waals surface area (Å²) in [4.78, 5) is 23.4. The van der Waals surface area contributed by atoms with Crippen LogP contribution in [0.25, 0.3) is 0 Å². The van der Waals surface area contributed by atoms with Crippen molar-refractivity contribution >= 4 is 11.9 Å². The summed E-state index contributed by atoms with van der Waals surface area (Å²) in [6, 6.07) is 0.211. The maximum Gasteiger partial charge on any atom is 0.308 e. The number of rotatable bonds is 3. The van der Waals surface area contributed by atoms with Gasteiger partial charge in [0.1, 0.15) is 0 Å². The average Bonchev–Trinajstić information content (AvgIpc) is 2.29. The molecular weight excluding hydrogens is 230 g/mol. The van der Waals surface area contributed by atoms with Gasteiger partial charge in [0.15, 0.2) is 0 Å². The first kappa shape index (κ1) is 15.0. The summed E-state index contributed by atoms with van der Waals surface area (Å²) in [7, 11) is 0. The molecule has 18 heavy (non-hydrogen) atoms. The zero-order valence-electron chi connectivity index (χ0n) is 11.9. The van der Waals surface area contributed by atoms with Gasteiger partial charge in [0.2, 0.25) is 5.91 Å². The van der Waals surface area contributed by atoms with Crippen LogP contribution in [0, 0.1) is 11.3 Å². The van der Waals surface area contributed by atoms with Gasteiger partial charge in [-0.05, 0) is 32.6 Å². The SMILES string of the molecule is CCOC(=O)C1CCC(NC(=O)C(C)(C)C)CC1. The minimum atomic E-state index is -0.349. The maximum absolute atomic E-state index is 11.8. The summed E-state index contributed by atoms with van der Waals surface area (Å²) in [5.74, 6) is 0.0212. The molecule has 104 valence electrons. The van der Waals surface area contributed by atoms with Crippen molar-refractivity contribution in [3.63, 3.8) is 0 Å². The highest BCUT2D eigenvalue weighted by Gasteiger charge is 2.30. The Morgan fingerprint density at radius 1 is 1.17 bits per heavy atom. The lowest BCUT2D eigenvalue weighted by atomic mass is 9.85. The lowest BCUT2D eigenvalue weighted by Crippen LogP contribution is -2.43. The van der Waals surface area contributed by atoms with Gasteiger partial charge in [0.25, 0.3) is 0 Å². The molecule has 1 aliphatic rings. The van der Waals surface area contributed by atoms with Crippen molar-refractivity contribution in [1.29, 1.82) is 0 Å². The van der Waals surface area contributed by atoms with Crippen LogP contribution in [-0.2, 0) is 14.3 Å². The largest absolute Gasteiger partial charge is 0.466 e. The Morgan fingerprint density at radius 2 is 1.72 bits per heavy atom. The van der Waals surface area contributed by atoms with Crippen LogP contribution in [0.5, 0.6) is 0 Å². The normalized spacial score (nSPS) is 24.4. The van der Waals surface area contributed by atoms with E-state index >= 15 is 0 Å². The highest BCUT2D eigenvalue weighted by Crippen LogP contribution is 2.26. The zero-order valence-corrected chi connectivity index (χ0v) is 11.9. The van der Waals surface area contributed by atoms with Crippen LogP contribution in [0.2, 0.25) is 0 Å². The van der Waals surface area contributed by atoms with E-state index in [1.807, 2.05) is 27.7 Å². The first-order chi connectivity index (χ1) is 8.34. The number of carbonyl (C=O) groups excluding carboxylic acids is 2. The first-order valence-corrected chi connectivity index (χ1v) is 6.82. The Hall–Kier alpha value is -1.06. The van der Waals surface area contributed by atoms with Gasteiger partial charge in [0, 0.05) is 11.5 Å². The Bertz CT molecular complexity index is 299. The summed E-state index contributed by atoms with van der Waals surface area (Å²) in [5.41, 5.74) is -0.349. The predicted molar refractivity (Wildman–Crippen MR) is 70.0 cm³/mol. The van der Waals surface area contributed by atoms with Gasteiger partial charge in [-0.2, -0.15) is 0 Å². The Balaban J connectivity index is 2.36. The molecule has 0 radical (unpaired) electrons. The van der Waals surface area contributed by atoms with E-state index in [0.717, 1.165) is 25.7 Å². The van der Waals surface area contributed by atoms with Gasteiger partial charge in [-0.15, -0.1) is 0 Å². The zero-order chi connectivity index (χ0) is 13.8. The fourth-order valence-electron chi connectivity index (χ4n) is 2.14. The molecule has 0 unspecified atom stereocenters. The minimum Gasteiger partial charge on any atom is -0.466 e. The summed E-state index contributed by atoms with van der Waals surface area (Å²) in [6.07, 6.45) is 3.36. The van der Waals surface area contributed by atoms with Crippen molar-refractivity contribution in [1.82, 2.24) is 5.32 Å². The molecule has 0 aromatic heterocycles. The molecule has 0 atom stereocenters. The van der Waals surface area contributed by atoms with E-state index in [4.69, 9.17) is 4.74 Å². The van der Waals surface area contributed by atoms with Crippen molar-refractivity contribution < 1.29 is 14.3 Å². The number of amides is 1. The summed E-state index contributed by atoms with van der Waals surface area (Å²) < 4.78 is 5.03. The first-order valence-electron chi connectivity index (χ1n) is 6.82. The quantitative estimate of drug-likeness (QED) is 0.787. The van der Waals surface area contributed by atoms with Gasteiger partial charge in [-0.1, -0.05) is 20.8 Å². The number of carbonyl (C=O) groups is 2. The molecule has 0 saturated heterocycles. The molecule has 0 aromatic carbocycles. The Morgan fingerprint density at radius 3 is 2.17 bits per heavy atom. The fraction of sp³-hybridized carbons (Fsp3) is 0.857. The maximum atomic E-state index is 11.8. The molecule has 0 heterocycles. The fourth-order valence-corrected chi connectivity index (χ4v) is 2.14. The average molecular weight is 255 g/mol. The molecular formula is C14H25NO3. The standard InChI is InChI=1S/C14H25NO3/c1-5-18-12(16)10-6-8-11(9-7-10)15-13(17)14(2,3)4/h10-11H,5-9H2,1-4H3,(H,15,17). The minimum absolute atomic E-state index is 0.0211. The Kier molecular flexibility index (Phi) is 5.17. The highest BCUT2D eigenvalue weighted by molar-refractivity contribution is 5.81. The molecule has 1 rings (SSSR count). The second kappa shape index (κ2) is 6.21. The monoisotopic (exact) mass is 255 g/mol. The molecule has 0 aliphatic heterocycles. The molecule has 4 nitrogen and oxygen atoms in total. The number of esters is 1. The summed E-state index contributed by atoms with van der Waals surface area (Å²) in [6.45, 7) is 8.00. The number of nitrogens with one attached hydrogen (secondary N) is 1. The predicted octanol–water partition coefficient (Wildman–Crippen LogP) is 2.27. The summed E-state index contributed by atoms with van der Waals surface area (Å²) >= 11 is 0. The molecule has 4 heteroatoms. The van der Waals surface area contributed by atoms with Gasteiger partial charge < -0.3 is 10.1 Å². The third-order valence-corrected chi connectivity index (χ3v) is 3.36. The third kappa shape index (κ3) is 4.31. The van der Waals surface area contributed by atoms with Crippen LogP contribution in [0.4, 0.5) is 0 Å². The van der Waals surface area contributed by atoms with Gasteiger partial charge in [-0.3, -0.25) is 9.59 Å². The van der Waals surface area contributed by atoms with Crippen LogP contribution in [0.3, 0.4) is 0 Å². The van der Waals surface area contributed by atoms with Gasteiger partial charge in [0.05, 0.1) is 12.5 Å². The number of hydrogen-bond acceptors (Lipinski definition) is 3. The van der Waals surface area contributed by atoms with E-state index < -0.39 is 0 Å². The van der Waals surface area contributed by atoms with Crippen molar-refractivity contribution in [2.45, 2.75) is 59.4 Å². The smallest absolute Gasteiger partial charge is 0.308 e. The molecule has 1 saturated carbocycles. The van der Waals surface area contributed by atoms with E-state index in [1.54, 1.807) is 0 Å². The highest BCUT2D eigenvalue weighted by atomic mass is 16.5. The van der Waals surface area contributed by atoms with Crippen LogP contribution < -0.4 is 5.32 Å². The van der Waals surface area contributed by atoms with Gasteiger partial charge >= 0.3 is 5.97 Å². The van der Waals surface area contributed by atoms with E-state index in [1.165, 1.54) is 0 Å². The second-order valence-corrected chi connectivity index (χ2v) is 6.02. The van der Waals surface area contributed by atoms with E-state index in [-0.39, 0.29) is 29.3 Å². The van der Waals surface area contributed by atoms with Crippen LogP contribution in [-0.4, -0.2) is 24.5 Å². The molecule has 1 fully saturated rings. The molecule has 0 aromatic rings. The van der Waals surface area contributed by atoms with Crippen LogP contribution >= 0.6 is 0 Å². The number of ether oxygens (including phenoxy) is 1. The molecule has 1 aliphatic carbocycles. The van der Waals surface area contributed by atoms with Crippen molar-refractivity contribution in [2.24, 2.45) is 11.3 Å². The lowest BCUT2D eigenvalue weighted by Gasteiger charge is -2.30. The van der Waals surface area contributed by atoms with Crippen LogP contribution in [0.15, 0.2) is 0 Å². The third-order valence-electron chi connectivity index (χ3n) is 3.36. The van der Waals surface area contributed by atoms with Crippen molar-refractivity contribution in [3.05, 3.63) is 0 Å². The van der Waals surface area contributed by atoms with E-state index in [9.17, 15) is 9.59 Å². The Labute approximate surface area is 109 Å². The summed E-state index contributed by atoms with van der Waals surface area (Å²) in [5, 5.41) is 3.06. The molecule has 1 amide bonds. The lowest BCUT2D eigenvalue weighted by molar-refractivity contribution is -0.149. The molecule has 0 bridgehead atoms. The van der Waals surface area contributed by atoms with Gasteiger partial charge in [-0.25, -0.2) is 0 Å². The van der Waals surface area contributed by atoms with Crippen molar-refractivity contribution in [2.75, 3.05) is 6.61 Å². The molecule has 1 N–H and O–H groups in total. The topological polar surface area (TPSA) is 55.4 Å².